The molecule has 1 atom stereocenters. The summed E-state index contributed by atoms with van der Waals surface area (Å²) >= 11 is 1.24. The molecular weight excluding hydrogens is 426 g/mol. The lowest BCUT2D eigenvalue weighted by Crippen LogP contribution is -2.28. The van der Waals surface area contributed by atoms with Crippen LogP contribution in [0.2, 0.25) is 0 Å². The summed E-state index contributed by atoms with van der Waals surface area (Å²) in [5, 5.41) is 12.7. The van der Waals surface area contributed by atoms with Crippen LogP contribution in [0.15, 0.2) is 47.5 Å². The maximum absolute atomic E-state index is 12.8. The van der Waals surface area contributed by atoms with Crippen molar-refractivity contribution in [2.45, 2.75) is 47.1 Å². The topological polar surface area (TPSA) is 101 Å². The minimum absolute atomic E-state index is 0.150. The maximum atomic E-state index is 12.8. The lowest BCUT2D eigenvalue weighted by Gasteiger charge is -2.18. The Balaban J connectivity index is 2.17. The second-order valence-electron chi connectivity index (χ2n) is 8.69. The molecule has 1 heterocycles. The van der Waals surface area contributed by atoms with Crippen LogP contribution in [0.4, 0.5) is 5.69 Å². The van der Waals surface area contributed by atoms with Crippen LogP contribution in [-0.2, 0) is 9.59 Å². The Morgan fingerprint density at radius 3 is 2.34 bits per heavy atom. The molecule has 1 unspecified atom stereocenters. The van der Waals surface area contributed by atoms with Crippen LogP contribution in [-0.4, -0.2) is 27.5 Å². The van der Waals surface area contributed by atoms with Crippen molar-refractivity contribution < 1.29 is 19.5 Å². The third-order valence-corrected chi connectivity index (χ3v) is 6.08. The molecule has 0 radical (unpaired) electrons. The van der Waals surface area contributed by atoms with E-state index >= 15 is 0 Å². The molecule has 0 fully saturated rings. The normalized spacial score (nSPS) is 13.2. The van der Waals surface area contributed by atoms with Crippen molar-refractivity contribution in [3.63, 3.8) is 0 Å². The van der Waals surface area contributed by atoms with Gasteiger partial charge in [0.2, 0.25) is 5.91 Å². The molecule has 3 rings (SSSR count). The van der Waals surface area contributed by atoms with Crippen LogP contribution in [0.5, 0.6) is 0 Å². The summed E-state index contributed by atoms with van der Waals surface area (Å²) in [6.45, 7) is 9.15. The molecule has 0 aliphatic carbocycles. The molecule has 2 aromatic carbocycles. The third-order valence-electron chi connectivity index (χ3n) is 5.04. The first-order chi connectivity index (χ1) is 15.0. The number of hydrogen-bond donors (Lipinski definition) is 2. The zero-order valence-electron chi connectivity index (χ0n) is 18.8. The lowest BCUT2D eigenvalue weighted by molar-refractivity contribution is -0.141. The average Bonchev–Trinajstić information content (AvgIpc) is 3.05. The van der Waals surface area contributed by atoms with Crippen molar-refractivity contribution in [1.29, 1.82) is 0 Å². The second kappa shape index (κ2) is 9.08. The van der Waals surface area contributed by atoms with Crippen molar-refractivity contribution in [3.05, 3.63) is 58.4 Å². The molecule has 0 bridgehead atoms. The zero-order chi connectivity index (χ0) is 23.6. The molecule has 3 aromatic rings. The zero-order valence-corrected chi connectivity index (χ0v) is 19.6. The van der Waals surface area contributed by atoms with Gasteiger partial charge in [0.1, 0.15) is 6.04 Å². The number of aryl methyl sites for hydroxylation is 1. The van der Waals surface area contributed by atoms with E-state index in [1.165, 1.54) is 11.3 Å². The minimum atomic E-state index is -1.01. The summed E-state index contributed by atoms with van der Waals surface area (Å²) in [6, 6.07) is 11.5. The fourth-order valence-electron chi connectivity index (χ4n) is 3.13. The SMILES string of the molecule is CCC(C(=O)O)n1c(=NC(=O)c2ccc(C)cc2)sc2ccc(NC(=O)C(C)(C)C)cc21. The summed E-state index contributed by atoms with van der Waals surface area (Å²) in [4.78, 5) is 41.8. The molecule has 1 aromatic heterocycles. The van der Waals surface area contributed by atoms with Crippen LogP contribution in [0, 0.1) is 12.3 Å². The Kier molecular flexibility index (Phi) is 6.64. The number of carboxylic acid groups (broad SMARTS) is 1. The van der Waals surface area contributed by atoms with Crippen molar-refractivity contribution in [2.24, 2.45) is 10.4 Å². The molecule has 0 saturated carbocycles. The van der Waals surface area contributed by atoms with E-state index in [2.05, 4.69) is 10.3 Å². The van der Waals surface area contributed by atoms with Gasteiger partial charge in [-0.1, -0.05) is 56.7 Å². The average molecular weight is 454 g/mol. The molecule has 2 N–H and O–H groups in total. The quantitative estimate of drug-likeness (QED) is 0.581. The highest BCUT2D eigenvalue weighted by Gasteiger charge is 2.24. The summed E-state index contributed by atoms with van der Waals surface area (Å²) < 4.78 is 2.34. The fraction of sp³-hybridized carbons (Fsp3) is 0.333. The monoisotopic (exact) mass is 453 g/mol. The standard InChI is InChI=1S/C24H27N3O4S/c1-6-17(21(29)30)27-18-13-16(25-22(31)24(3,4)5)11-12-19(18)32-23(27)26-20(28)15-9-7-14(2)8-10-15/h7-13,17H,6H2,1-5H3,(H,25,31)(H,29,30). The molecule has 0 aliphatic rings. The van der Waals surface area contributed by atoms with E-state index < -0.39 is 23.3 Å². The number of aliphatic carboxylic acids is 1. The highest BCUT2D eigenvalue weighted by Crippen LogP contribution is 2.27. The summed E-state index contributed by atoms with van der Waals surface area (Å²) in [6.07, 6.45) is 0.311. The Morgan fingerprint density at radius 2 is 1.78 bits per heavy atom. The summed E-state index contributed by atoms with van der Waals surface area (Å²) in [5.74, 6) is -1.60. The second-order valence-corrected chi connectivity index (χ2v) is 9.70. The Labute approximate surface area is 190 Å². The third kappa shape index (κ3) is 4.96. The first kappa shape index (κ1) is 23.4. The predicted molar refractivity (Wildman–Crippen MR) is 126 cm³/mol. The fourth-order valence-corrected chi connectivity index (χ4v) is 4.18. The van der Waals surface area contributed by atoms with Gasteiger partial charge in [-0.05, 0) is 43.7 Å². The molecule has 0 spiro atoms. The van der Waals surface area contributed by atoms with Gasteiger partial charge < -0.3 is 15.0 Å². The number of carbonyl (C=O) groups is 3. The first-order valence-electron chi connectivity index (χ1n) is 10.4. The number of nitrogens with zero attached hydrogens (tertiary/aromatic N) is 2. The Hall–Kier alpha value is -3.26. The highest BCUT2D eigenvalue weighted by atomic mass is 32.1. The summed E-state index contributed by atoms with van der Waals surface area (Å²) in [5.41, 5.74) is 2.04. The molecular formula is C24H27N3O4S. The molecule has 2 amide bonds. The van der Waals surface area contributed by atoms with Crippen LogP contribution >= 0.6 is 11.3 Å². The Morgan fingerprint density at radius 1 is 1.12 bits per heavy atom. The number of nitrogens with one attached hydrogen (secondary N) is 1. The van der Waals surface area contributed by atoms with Crippen molar-refractivity contribution in [3.8, 4) is 0 Å². The number of fused-ring (bicyclic) bond motifs is 1. The number of rotatable bonds is 5. The number of carbonyl (C=O) groups excluding carboxylic acids is 2. The molecule has 0 aliphatic heterocycles. The van der Waals surface area contributed by atoms with Gasteiger partial charge in [0.15, 0.2) is 4.80 Å². The van der Waals surface area contributed by atoms with Gasteiger partial charge in [-0.25, -0.2) is 4.79 Å². The van der Waals surface area contributed by atoms with E-state index in [-0.39, 0.29) is 5.91 Å². The number of anilines is 1. The van der Waals surface area contributed by atoms with Crippen molar-refractivity contribution in [1.82, 2.24) is 4.57 Å². The van der Waals surface area contributed by atoms with E-state index in [0.29, 0.717) is 28.0 Å². The first-order valence-corrected chi connectivity index (χ1v) is 11.2. The van der Waals surface area contributed by atoms with Crippen LogP contribution in [0.25, 0.3) is 10.2 Å². The van der Waals surface area contributed by atoms with Crippen LogP contribution in [0.3, 0.4) is 0 Å². The van der Waals surface area contributed by atoms with Gasteiger partial charge in [0, 0.05) is 16.7 Å². The van der Waals surface area contributed by atoms with E-state index in [0.717, 1.165) is 10.3 Å². The van der Waals surface area contributed by atoms with Crippen LogP contribution in [0.1, 0.15) is 56.1 Å². The molecule has 32 heavy (non-hydrogen) atoms. The van der Waals surface area contributed by atoms with Gasteiger partial charge in [-0.15, -0.1) is 0 Å². The number of amides is 2. The van der Waals surface area contributed by atoms with Gasteiger partial charge >= 0.3 is 5.97 Å². The number of carboxylic acids is 1. The molecule has 168 valence electrons. The summed E-state index contributed by atoms with van der Waals surface area (Å²) in [7, 11) is 0. The van der Waals surface area contributed by atoms with E-state index in [1.54, 1.807) is 41.8 Å². The number of aromatic nitrogens is 1. The molecule has 0 saturated heterocycles. The maximum Gasteiger partial charge on any atom is 0.326 e. The lowest BCUT2D eigenvalue weighted by atomic mass is 9.95. The van der Waals surface area contributed by atoms with Gasteiger partial charge in [-0.2, -0.15) is 4.99 Å². The Bertz CT molecular complexity index is 1250. The number of thiazole rings is 1. The van der Waals surface area contributed by atoms with Gasteiger partial charge in [0.05, 0.1) is 10.2 Å². The molecule has 8 heteroatoms. The van der Waals surface area contributed by atoms with E-state index in [9.17, 15) is 19.5 Å². The number of benzene rings is 2. The van der Waals surface area contributed by atoms with E-state index in [4.69, 9.17) is 0 Å². The van der Waals surface area contributed by atoms with Gasteiger partial charge in [0.25, 0.3) is 5.91 Å². The van der Waals surface area contributed by atoms with Crippen molar-refractivity contribution in [2.75, 3.05) is 5.32 Å². The smallest absolute Gasteiger partial charge is 0.326 e. The van der Waals surface area contributed by atoms with Gasteiger partial charge in [-0.3, -0.25) is 9.59 Å². The number of hydrogen-bond acceptors (Lipinski definition) is 4. The van der Waals surface area contributed by atoms with Crippen molar-refractivity contribution >= 4 is 45.0 Å². The highest BCUT2D eigenvalue weighted by molar-refractivity contribution is 7.16. The predicted octanol–water partition coefficient (Wildman–Crippen LogP) is 4.77. The van der Waals surface area contributed by atoms with Crippen LogP contribution < -0.4 is 10.1 Å². The van der Waals surface area contributed by atoms with E-state index in [1.807, 2.05) is 39.8 Å². The molecule has 7 nitrogen and oxygen atoms in total. The largest absolute Gasteiger partial charge is 0.480 e. The minimum Gasteiger partial charge on any atom is -0.480 e.